The van der Waals surface area contributed by atoms with Gasteiger partial charge in [0.1, 0.15) is 5.82 Å². The monoisotopic (exact) mass is 240 g/mol. The van der Waals surface area contributed by atoms with E-state index in [0.29, 0.717) is 11.4 Å². The molecule has 0 atom stereocenters. The minimum Gasteiger partial charge on any atom is -0.333 e. The fourth-order valence-electron chi connectivity index (χ4n) is 1.66. The highest BCUT2D eigenvalue weighted by Crippen LogP contribution is 2.30. The lowest BCUT2D eigenvalue weighted by Gasteiger charge is -2.02. The first kappa shape index (κ1) is 11.7. The third kappa shape index (κ3) is 2.33. The Labute approximate surface area is 96.7 Å². The molecule has 0 spiro atoms. The van der Waals surface area contributed by atoms with Crippen molar-refractivity contribution in [1.82, 2.24) is 9.55 Å². The SMILES string of the molecule is Cc1cccc(-c2nc(C(F)(F)F)cn2C)c1. The first-order valence-electron chi connectivity index (χ1n) is 5.05. The van der Waals surface area contributed by atoms with E-state index in [0.717, 1.165) is 11.8 Å². The smallest absolute Gasteiger partial charge is 0.333 e. The standard InChI is InChI=1S/C12H11F3N2/c1-8-4-3-5-9(6-8)11-16-10(7-17(11)2)12(13,14)15/h3-7H,1-2H3. The highest BCUT2D eigenvalue weighted by Gasteiger charge is 2.34. The van der Waals surface area contributed by atoms with E-state index in [9.17, 15) is 13.2 Å². The van der Waals surface area contributed by atoms with Crippen LogP contribution in [0.5, 0.6) is 0 Å². The summed E-state index contributed by atoms with van der Waals surface area (Å²) in [7, 11) is 1.56. The van der Waals surface area contributed by atoms with Crippen molar-refractivity contribution in [3.8, 4) is 11.4 Å². The lowest BCUT2D eigenvalue weighted by molar-refractivity contribution is -0.140. The molecule has 0 N–H and O–H groups in total. The zero-order valence-electron chi connectivity index (χ0n) is 9.42. The van der Waals surface area contributed by atoms with Crippen molar-refractivity contribution in [2.75, 3.05) is 0 Å². The highest BCUT2D eigenvalue weighted by atomic mass is 19.4. The van der Waals surface area contributed by atoms with Crippen molar-refractivity contribution in [2.24, 2.45) is 7.05 Å². The van der Waals surface area contributed by atoms with Gasteiger partial charge in [-0.05, 0) is 13.0 Å². The normalized spacial score (nSPS) is 11.8. The summed E-state index contributed by atoms with van der Waals surface area (Å²) < 4.78 is 38.9. The van der Waals surface area contributed by atoms with Crippen LogP contribution in [0.15, 0.2) is 30.5 Å². The van der Waals surface area contributed by atoms with Crippen molar-refractivity contribution in [3.63, 3.8) is 0 Å². The number of nitrogens with zero attached hydrogens (tertiary/aromatic N) is 2. The van der Waals surface area contributed by atoms with Crippen molar-refractivity contribution >= 4 is 0 Å². The zero-order valence-corrected chi connectivity index (χ0v) is 9.42. The third-order valence-corrected chi connectivity index (χ3v) is 2.44. The van der Waals surface area contributed by atoms with Gasteiger partial charge in [-0.3, -0.25) is 0 Å². The van der Waals surface area contributed by atoms with E-state index in [-0.39, 0.29) is 0 Å². The zero-order chi connectivity index (χ0) is 12.6. The molecule has 5 heteroatoms. The van der Waals surface area contributed by atoms with E-state index >= 15 is 0 Å². The Morgan fingerprint density at radius 2 is 1.94 bits per heavy atom. The Balaban J connectivity index is 2.50. The predicted molar refractivity (Wildman–Crippen MR) is 58.4 cm³/mol. The summed E-state index contributed by atoms with van der Waals surface area (Å²) in [5.74, 6) is 0.320. The Morgan fingerprint density at radius 1 is 1.24 bits per heavy atom. The fraction of sp³-hybridized carbons (Fsp3) is 0.250. The van der Waals surface area contributed by atoms with Crippen LogP contribution in [0.25, 0.3) is 11.4 Å². The van der Waals surface area contributed by atoms with Crippen LogP contribution in [0.4, 0.5) is 13.2 Å². The first-order chi connectivity index (χ1) is 7.88. The van der Waals surface area contributed by atoms with Gasteiger partial charge in [0.25, 0.3) is 0 Å². The quantitative estimate of drug-likeness (QED) is 0.746. The van der Waals surface area contributed by atoms with Crippen molar-refractivity contribution in [3.05, 3.63) is 41.7 Å². The van der Waals surface area contributed by atoms with Gasteiger partial charge in [0, 0.05) is 18.8 Å². The molecule has 0 amide bonds. The molecule has 0 fully saturated rings. The van der Waals surface area contributed by atoms with E-state index in [1.54, 1.807) is 19.2 Å². The number of hydrogen-bond donors (Lipinski definition) is 0. The van der Waals surface area contributed by atoms with E-state index in [1.165, 1.54) is 4.57 Å². The summed E-state index contributed by atoms with van der Waals surface area (Å²) >= 11 is 0. The molecule has 90 valence electrons. The second kappa shape index (κ2) is 3.91. The number of imidazole rings is 1. The Kier molecular flexibility index (Phi) is 2.69. The molecule has 2 nitrogen and oxygen atoms in total. The van der Waals surface area contributed by atoms with Gasteiger partial charge in [0.2, 0.25) is 0 Å². The maximum atomic E-state index is 12.5. The molecule has 0 aliphatic rings. The van der Waals surface area contributed by atoms with Gasteiger partial charge < -0.3 is 4.57 Å². The minimum absolute atomic E-state index is 0.320. The number of halogens is 3. The van der Waals surface area contributed by atoms with E-state index in [1.807, 2.05) is 19.1 Å². The summed E-state index contributed by atoms with van der Waals surface area (Å²) in [4.78, 5) is 3.63. The Bertz CT molecular complexity index is 541. The molecule has 0 bridgehead atoms. The number of alkyl halides is 3. The van der Waals surface area contributed by atoms with Crippen LogP contribution >= 0.6 is 0 Å². The molecule has 1 aromatic carbocycles. The number of benzene rings is 1. The molecule has 0 saturated heterocycles. The lowest BCUT2D eigenvalue weighted by atomic mass is 10.1. The number of rotatable bonds is 1. The summed E-state index contributed by atoms with van der Waals surface area (Å²) in [6, 6.07) is 7.24. The second-order valence-electron chi connectivity index (χ2n) is 3.93. The molecule has 0 unspecified atom stereocenters. The fourth-order valence-corrected chi connectivity index (χ4v) is 1.66. The minimum atomic E-state index is -4.40. The van der Waals surface area contributed by atoms with Crippen LogP contribution in [-0.2, 0) is 13.2 Å². The van der Waals surface area contributed by atoms with Crippen LogP contribution in [0.3, 0.4) is 0 Å². The summed E-state index contributed by atoms with van der Waals surface area (Å²) in [6.07, 6.45) is -3.41. The van der Waals surface area contributed by atoms with Crippen LogP contribution < -0.4 is 0 Å². The average Bonchev–Trinajstić information content (AvgIpc) is 2.60. The number of hydrogen-bond acceptors (Lipinski definition) is 1. The van der Waals surface area contributed by atoms with Crippen LogP contribution in [0.2, 0.25) is 0 Å². The van der Waals surface area contributed by atoms with E-state index in [4.69, 9.17) is 0 Å². The maximum absolute atomic E-state index is 12.5. The molecule has 0 aliphatic heterocycles. The molecular weight excluding hydrogens is 229 g/mol. The van der Waals surface area contributed by atoms with Crippen molar-refractivity contribution < 1.29 is 13.2 Å². The van der Waals surface area contributed by atoms with Gasteiger partial charge in [0.15, 0.2) is 5.69 Å². The van der Waals surface area contributed by atoms with Crippen molar-refractivity contribution in [2.45, 2.75) is 13.1 Å². The molecule has 2 aromatic rings. The molecule has 1 aromatic heterocycles. The van der Waals surface area contributed by atoms with Gasteiger partial charge in [-0.15, -0.1) is 0 Å². The molecule has 0 aliphatic carbocycles. The highest BCUT2D eigenvalue weighted by molar-refractivity contribution is 5.57. The lowest BCUT2D eigenvalue weighted by Crippen LogP contribution is -2.04. The number of aryl methyl sites for hydroxylation is 2. The third-order valence-electron chi connectivity index (χ3n) is 2.44. The second-order valence-corrected chi connectivity index (χ2v) is 3.93. The molecule has 2 rings (SSSR count). The topological polar surface area (TPSA) is 17.8 Å². The molecule has 1 heterocycles. The Hall–Kier alpha value is -1.78. The molecular formula is C12H11F3N2. The molecule has 17 heavy (non-hydrogen) atoms. The van der Waals surface area contributed by atoms with Crippen LogP contribution in [0, 0.1) is 6.92 Å². The van der Waals surface area contributed by atoms with Gasteiger partial charge in [-0.2, -0.15) is 13.2 Å². The van der Waals surface area contributed by atoms with E-state index in [2.05, 4.69) is 4.98 Å². The average molecular weight is 240 g/mol. The first-order valence-corrected chi connectivity index (χ1v) is 5.05. The van der Waals surface area contributed by atoms with Crippen LogP contribution in [0.1, 0.15) is 11.3 Å². The molecule has 0 radical (unpaired) electrons. The van der Waals surface area contributed by atoms with Crippen molar-refractivity contribution in [1.29, 1.82) is 0 Å². The van der Waals surface area contributed by atoms with Gasteiger partial charge in [-0.1, -0.05) is 23.8 Å². The summed E-state index contributed by atoms with van der Waals surface area (Å²) in [6.45, 7) is 1.89. The Morgan fingerprint density at radius 3 is 2.47 bits per heavy atom. The van der Waals surface area contributed by atoms with Crippen LogP contribution in [-0.4, -0.2) is 9.55 Å². The maximum Gasteiger partial charge on any atom is 0.434 e. The van der Waals surface area contributed by atoms with Gasteiger partial charge in [0.05, 0.1) is 0 Å². The summed E-state index contributed by atoms with van der Waals surface area (Å²) in [5.41, 5.74) is 0.804. The molecule has 0 saturated carbocycles. The largest absolute Gasteiger partial charge is 0.434 e. The summed E-state index contributed by atoms with van der Waals surface area (Å²) in [5, 5.41) is 0. The predicted octanol–water partition coefficient (Wildman–Crippen LogP) is 3.41. The van der Waals surface area contributed by atoms with E-state index < -0.39 is 11.9 Å². The number of aromatic nitrogens is 2. The van der Waals surface area contributed by atoms with Gasteiger partial charge in [-0.25, -0.2) is 4.98 Å². The van der Waals surface area contributed by atoms with Gasteiger partial charge >= 0.3 is 6.18 Å².